The molecule has 0 atom stereocenters. The normalized spacial score (nSPS) is 10.4. The first-order chi connectivity index (χ1) is 8.08. The van der Waals surface area contributed by atoms with Gasteiger partial charge in [0, 0.05) is 6.07 Å². The number of hydrogen-bond donors (Lipinski definition) is 0. The summed E-state index contributed by atoms with van der Waals surface area (Å²) < 4.78 is 6.53. The molecule has 0 fully saturated rings. The van der Waals surface area contributed by atoms with Crippen molar-refractivity contribution >= 4 is 15.9 Å². The Morgan fingerprint density at radius 3 is 2.47 bits per heavy atom. The highest BCUT2D eigenvalue weighted by Gasteiger charge is 2.08. The summed E-state index contributed by atoms with van der Waals surface area (Å²) >= 11 is 3.30. The molecule has 2 aromatic rings. The van der Waals surface area contributed by atoms with Crippen LogP contribution in [0.25, 0.3) is 0 Å². The van der Waals surface area contributed by atoms with E-state index < -0.39 is 0 Å². The maximum absolute atomic E-state index is 5.82. The van der Waals surface area contributed by atoms with Gasteiger partial charge in [-0.15, -0.1) is 0 Å². The van der Waals surface area contributed by atoms with Gasteiger partial charge >= 0.3 is 0 Å². The summed E-state index contributed by atoms with van der Waals surface area (Å²) in [6, 6.07) is 5.89. The highest BCUT2D eigenvalue weighted by Crippen LogP contribution is 2.30. The van der Waals surface area contributed by atoms with Gasteiger partial charge in [0.1, 0.15) is 16.7 Å². The van der Waals surface area contributed by atoms with Crippen molar-refractivity contribution in [1.82, 2.24) is 9.97 Å². The molecule has 0 spiro atoms. The Hall–Kier alpha value is -1.42. The number of rotatable bonds is 2. The van der Waals surface area contributed by atoms with Gasteiger partial charge in [0.25, 0.3) is 0 Å². The van der Waals surface area contributed by atoms with Crippen LogP contribution < -0.4 is 4.74 Å². The number of ether oxygens (including phenoxy) is 1. The van der Waals surface area contributed by atoms with Gasteiger partial charge in [0.2, 0.25) is 5.88 Å². The van der Waals surface area contributed by atoms with Crippen LogP contribution in [0.1, 0.15) is 16.7 Å². The predicted molar refractivity (Wildman–Crippen MR) is 70.5 cm³/mol. The maximum atomic E-state index is 5.82. The van der Waals surface area contributed by atoms with Crippen LogP contribution in [-0.2, 0) is 0 Å². The zero-order valence-corrected chi connectivity index (χ0v) is 11.6. The lowest BCUT2D eigenvalue weighted by Gasteiger charge is -2.12. The highest BCUT2D eigenvalue weighted by atomic mass is 79.9. The SMILES string of the molecule is Cc1ccc(C)c(Oc2cc(Br)ncn2)c1C. The molecule has 4 heteroatoms. The number of aryl methyl sites for hydroxylation is 2. The lowest BCUT2D eigenvalue weighted by Crippen LogP contribution is -1.95. The summed E-state index contributed by atoms with van der Waals surface area (Å²) in [7, 11) is 0. The Balaban J connectivity index is 2.39. The van der Waals surface area contributed by atoms with E-state index in [0.29, 0.717) is 10.5 Å². The van der Waals surface area contributed by atoms with Gasteiger partial charge in [-0.2, -0.15) is 0 Å². The third-order valence-corrected chi connectivity index (χ3v) is 3.12. The predicted octanol–water partition coefficient (Wildman–Crippen LogP) is 3.96. The Labute approximate surface area is 109 Å². The minimum absolute atomic E-state index is 0.545. The minimum Gasteiger partial charge on any atom is -0.438 e. The molecular weight excluding hydrogens is 280 g/mol. The average molecular weight is 293 g/mol. The van der Waals surface area contributed by atoms with Crippen molar-refractivity contribution in [3.8, 4) is 11.6 Å². The molecule has 2 rings (SSSR count). The highest BCUT2D eigenvalue weighted by molar-refractivity contribution is 9.10. The van der Waals surface area contributed by atoms with E-state index in [0.717, 1.165) is 16.9 Å². The first kappa shape index (κ1) is 12.0. The summed E-state index contributed by atoms with van der Waals surface area (Å²) in [6.45, 7) is 6.14. The van der Waals surface area contributed by atoms with E-state index in [9.17, 15) is 0 Å². The largest absolute Gasteiger partial charge is 0.438 e. The molecule has 17 heavy (non-hydrogen) atoms. The number of hydrogen-bond acceptors (Lipinski definition) is 3. The third kappa shape index (κ3) is 2.64. The summed E-state index contributed by atoms with van der Waals surface area (Å²) in [5, 5.41) is 0. The molecule has 0 radical (unpaired) electrons. The average Bonchev–Trinajstić information content (AvgIpc) is 2.30. The molecule has 0 aliphatic heterocycles. The zero-order chi connectivity index (χ0) is 12.4. The Kier molecular flexibility index (Phi) is 3.43. The van der Waals surface area contributed by atoms with Crippen molar-refractivity contribution < 1.29 is 4.74 Å². The molecule has 1 heterocycles. The van der Waals surface area contributed by atoms with Crippen LogP contribution >= 0.6 is 15.9 Å². The van der Waals surface area contributed by atoms with Crippen LogP contribution in [-0.4, -0.2) is 9.97 Å². The Morgan fingerprint density at radius 1 is 1.06 bits per heavy atom. The topological polar surface area (TPSA) is 35.0 Å². The van der Waals surface area contributed by atoms with Crippen molar-refractivity contribution in [2.45, 2.75) is 20.8 Å². The number of benzene rings is 1. The lowest BCUT2D eigenvalue weighted by atomic mass is 10.1. The summed E-state index contributed by atoms with van der Waals surface area (Å²) in [5.41, 5.74) is 3.45. The van der Waals surface area contributed by atoms with Gasteiger partial charge < -0.3 is 4.74 Å². The second kappa shape index (κ2) is 4.84. The molecule has 0 aliphatic rings. The quantitative estimate of drug-likeness (QED) is 0.786. The molecule has 1 aromatic heterocycles. The first-order valence-corrected chi connectivity index (χ1v) is 6.09. The van der Waals surface area contributed by atoms with Crippen LogP contribution in [0, 0.1) is 20.8 Å². The van der Waals surface area contributed by atoms with E-state index in [1.165, 1.54) is 11.9 Å². The molecule has 0 amide bonds. The maximum Gasteiger partial charge on any atom is 0.223 e. The van der Waals surface area contributed by atoms with Crippen molar-refractivity contribution in [1.29, 1.82) is 0 Å². The molecule has 0 aliphatic carbocycles. The molecule has 0 saturated heterocycles. The lowest BCUT2D eigenvalue weighted by molar-refractivity contribution is 0.453. The number of nitrogens with zero attached hydrogens (tertiary/aromatic N) is 2. The van der Waals surface area contributed by atoms with Crippen molar-refractivity contribution in [3.05, 3.63) is 45.8 Å². The van der Waals surface area contributed by atoms with E-state index in [4.69, 9.17) is 4.74 Å². The standard InChI is InChI=1S/C13H13BrN2O/c1-8-4-5-9(2)13(10(8)3)17-12-6-11(14)15-7-16-12/h4-7H,1-3H3. The Bertz CT molecular complexity index is 555. The van der Waals surface area contributed by atoms with Crippen LogP contribution in [0.3, 0.4) is 0 Å². The van der Waals surface area contributed by atoms with Gasteiger partial charge in [-0.1, -0.05) is 12.1 Å². The third-order valence-electron chi connectivity index (χ3n) is 2.69. The van der Waals surface area contributed by atoms with E-state index >= 15 is 0 Å². The molecule has 0 saturated carbocycles. The molecular formula is C13H13BrN2O. The molecule has 1 aromatic carbocycles. The minimum atomic E-state index is 0.545. The Morgan fingerprint density at radius 2 is 1.76 bits per heavy atom. The number of aromatic nitrogens is 2. The van der Waals surface area contributed by atoms with Gasteiger partial charge in [-0.25, -0.2) is 9.97 Å². The van der Waals surface area contributed by atoms with Gasteiger partial charge in [0.15, 0.2) is 0 Å². The molecule has 88 valence electrons. The monoisotopic (exact) mass is 292 g/mol. The van der Waals surface area contributed by atoms with E-state index in [2.05, 4.69) is 38.9 Å². The van der Waals surface area contributed by atoms with Gasteiger partial charge in [0.05, 0.1) is 0 Å². The molecule has 0 N–H and O–H groups in total. The fraction of sp³-hybridized carbons (Fsp3) is 0.231. The summed E-state index contributed by atoms with van der Waals surface area (Å²) in [6.07, 6.45) is 1.47. The fourth-order valence-corrected chi connectivity index (χ4v) is 1.85. The van der Waals surface area contributed by atoms with E-state index in [1.54, 1.807) is 6.07 Å². The molecule has 0 unspecified atom stereocenters. The van der Waals surface area contributed by atoms with Crippen LogP contribution in [0.15, 0.2) is 29.1 Å². The van der Waals surface area contributed by atoms with Crippen molar-refractivity contribution in [2.24, 2.45) is 0 Å². The van der Waals surface area contributed by atoms with Crippen LogP contribution in [0.2, 0.25) is 0 Å². The van der Waals surface area contributed by atoms with Crippen LogP contribution in [0.5, 0.6) is 11.6 Å². The first-order valence-electron chi connectivity index (χ1n) is 5.30. The van der Waals surface area contributed by atoms with E-state index in [-0.39, 0.29) is 0 Å². The second-order valence-corrected chi connectivity index (χ2v) is 4.75. The van der Waals surface area contributed by atoms with Crippen molar-refractivity contribution in [3.63, 3.8) is 0 Å². The summed E-state index contributed by atoms with van der Waals surface area (Å²) in [4.78, 5) is 8.05. The fourth-order valence-electron chi connectivity index (χ4n) is 1.56. The van der Waals surface area contributed by atoms with Gasteiger partial charge in [-0.3, -0.25) is 0 Å². The molecule has 3 nitrogen and oxygen atoms in total. The smallest absolute Gasteiger partial charge is 0.223 e. The summed E-state index contributed by atoms with van der Waals surface area (Å²) in [5.74, 6) is 1.42. The van der Waals surface area contributed by atoms with Crippen molar-refractivity contribution in [2.75, 3.05) is 0 Å². The van der Waals surface area contributed by atoms with Gasteiger partial charge in [-0.05, 0) is 53.4 Å². The van der Waals surface area contributed by atoms with Crippen LogP contribution in [0.4, 0.5) is 0 Å². The zero-order valence-electron chi connectivity index (χ0n) is 9.99. The second-order valence-electron chi connectivity index (χ2n) is 3.93. The molecule has 0 bridgehead atoms. The number of halogens is 1. The van der Waals surface area contributed by atoms with E-state index in [1.807, 2.05) is 19.9 Å².